The van der Waals surface area contributed by atoms with Gasteiger partial charge in [-0.05, 0) is 55.5 Å². The van der Waals surface area contributed by atoms with E-state index in [1.807, 2.05) is 63.2 Å². The molecular weight excluding hydrogens is 486 g/mol. The number of benzene rings is 3. The molecule has 0 radical (unpaired) electrons. The zero-order valence-electron chi connectivity index (χ0n) is 22.4. The molecule has 1 N–H and O–H groups in total. The van der Waals surface area contributed by atoms with E-state index in [1.165, 1.54) is 6.33 Å². The monoisotopic (exact) mass is 517 g/mol. The molecule has 196 valence electrons. The third-order valence-electron chi connectivity index (χ3n) is 6.12. The molecule has 5 rings (SSSR count). The highest BCUT2D eigenvalue weighted by Crippen LogP contribution is 2.34. The fourth-order valence-corrected chi connectivity index (χ4v) is 4.43. The van der Waals surface area contributed by atoms with Crippen molar-refractivity contribution in [1.29, 1.82) is 0 Å². The van der Waals surface area contributed by atoms with Crippen LogP contribution in [0.5, 0.6) is 0 Å². The van der Waals surface area contributed by atoms with Gasteiger partial charge in [-0.2, -0.15) is 0 Å². The van der Waals surface area contributed by atoms with Crippen molar-refractivity contribution in [3.63, 3.8) is 0 Å². The van der Waals surface area contributed by atoms with Crippen LogP contribution in [-0.4, -0.2) is 31.5 Å². The molecule has 0 saturated carbocycles. The van der Waals surface area contributed by atoms with Gasteiger partial charge in [-0.1, -0.05) is 66.7 Å². The minimum Gasteiger partial charge on any atom is -0.460 e. The third kappa shape index (κ3) is 6.62. The number of nitrogens with one attached hydrogen (secondary N) is 1. The molecule has 0 atom stereocenters. The standard InChI is InChI=1S/C32H31N5O2/c1-32(2,3)39-28(38)16-15-22-9-7-10-23(17-22)18-35-31-29-26(24-11-5-4-6-12-24)13-8-14-27(29)36-30(37-31)25-19-33-21-34-20-25/h4-14,17,19-21H,15-16,18H2,1-3H3,(H,35,36,37). The Balaban J connectivity index is 1.45. The van der Waals surface area contributed by atoms with Crippen LogP contribution in [-0.2, 0) is 22.5 Å². The van der Waals surface area contributed by atoms with Gasteiger partial charge in [0.2, 0.25) is 0 Å². The molecule has 5 aromatic rings. The van der Waals surface area contributed by atoms with Gasteiger partial charge in [-0.15, -0.1) is 0 Å². The van der Waals surface area contributed by atoms with E-state index in [-0.39, 0.29) is 5.97 Å². The van der Waals surface area contributed by atoms with Crippen molar-refractivity contribution in [3.05, 3.63) is 103 Å². The Hall–Kier alpha value is -4.65. The highest BCUT2D eigenvalue weighted by atomic mass is 16.6. The number of carbonyl (C=O) groups is 1. The molecule has 0 amide bonds. The second-order valence-electron chi connectivity index (χ2n) is 10.3. The maximum absolute atomic E-state index is 12.2. The summed E-state index contributed by atoms with van der Waals surface area (Å²) in [7, 11) is 0. The van der Waals surface area contributed by atoms with E-state index >= 15 is 0 Å². The molecular formula is C32H31N5O2. The second-order valence-corrected chi connectivity index (χ2v) is 10.3. The third-order valence-corrected chi connectivity index (χ3v) is 6.12. The van der Waals surface area contributed by atoms with E-state index in [0.717, 1.165) is 44.5 Å². The Morgan fingerprint density at radius 2 is 1.59 bits per heavy atom. The average Bonchev–Trinajstić information content (AvgIpc) is 2.94. The molecule has 0 spiro atoms. The smallest absolute Gasteiger partial charge is 0.306 e. The molecule has 3 aromatic carbocycles. The number of anilines is 1. The van der Waals surface area contributed by atoms with Gasteiger partial charge in [0.05, 0.1) is 16.5 Å². The van der Waals surface area contributed by atoms with Crippen LogP contribution in [0.25, 0.3) is 33.4 Å². The lowest BCUT2D eigenvalue weighted by molar-refractivity contribution is -0.154. The topological polar surface area (TPSA) is 89.9 Å². The number of aryl methyl sites for hydroxylation is 1. The summed E-state index contributed by atoms with van der Waals surface area (Å²) in [6.07, 6.45) is 5.89. The first-order valence-electron chi connectivity index (χ1n) is 13.0. The highest BCUT2D eigenvalue weighted by molar-refractivity contribution is 6.02. The van der Waals surface area contributed by atoms with Crippen LogP contribution in [0.4, 0.5) is 5.82 Å². The fourth-order valence-electron chi connectivity index (χ4n) is 4.43. The lowest BCUT2D eigenvalue weighted by Crippen LogP contribution is -2.24. The molecule has 2 heterocycles. The summed E-state index contributed by atoms with van der Waals surface area (Å²) in [5.41, 5.74) is 5.42. The molecule has 7 heteroatoms. The Morgan fingerprint density at radius 1 is 0.846 bits per heavy atom. The van der Waals surface area contributed by atoms with Gasteiger partial charge in [0, 0.05) is 25.4 Å². The maximum atomic E-state index is 12.2. The van der Waals surface area contributed by atoms with Gasteiger partial charge < -0.3 is 10.1 Å². The van der Waals surface area contributed by atoms with Gasteiger partial charge in [0.15, 0.2) is 5.82 Å². The number of ether oxygens (including phenoxy) is 1. The van der Waals surface area contributed by atoms with E-state index in [0.29, 0.717) is 25.2 Å². The largest absolute Gasteiger partial charge is 0.460 e. The molecule has 0 unspecified atom stereocenters. The van der Waals surface area contributed by atoms with Gasteiger partial charge in [-0.25, -0.2) is 19.9 Å². The molecule has 39 heavy (non-hydrogen) atoms. The number of hydrogen-bond acceptors (Lipinski definition) is 7. The van der Waals surface area contributed by atoms with Gasteiger partial charge in [0.25, 0.3) is 0 Å². The van der Waals surface area contributed by atoms with Crippen molar-refractivity contribution in [1.82, 2.24) is 19.9 Å². The number of carbonyl (C=O) groups excluding carboxylic acids is 1. The second kappa shape index (κ2) is 11.4. The predicted octanol–water partition coefficient (Wildman–Crippen LogP) is 6.64. The number of nitrogens with zero attached hydrogens (tertiary/aromatic N) is 4. The van der Waals surface area contributed by atoms with Crippen LogP contribution in [0.15, 0.2) is 91.5 Å². The van der Waals surface area contributed by atoms with Crippen molar-refractivity contribution in [2.75, 3.05) is 5.32 Å². The lowest BCUT2D eigenvalue weighted by atomic mass is 10.0. The minimum atomic E-state index is -0.480. The number of esters is 1. The van der Waals surface area contributed by atoms with Gasteiger partial charge >= 0.3 is 5.97 Å². The SMILES string of the molecule is CC(C)(C)OC(=O)CCc1cccc(CNc2nc(-c3cncnc3)nc3cccc(-c4ccccc4)c23)c1. The number of fused-ring (bicyclic) bond motifs is 1. The molecule has 0 saturated heterocycles. The van der Waals surface area contributed by atoms with E-state index in [2.05, 4.69) is 45.6 Å². The van der Waals surface area contributed by atoms with Crippen LogP contribution < -0.4 is 5.32 Å². The lowest BCUT2D eigenvalue weighted by Gasteiger charge is -2.19. The quantitative estimate of drug-likeness (QED) is 0.231. The summed E-state index contributed by atoms with van der Waals surface area (Å²) in [6.45, 7) is 6.20. The van der Waals surface area contributed by atoms with Crippen molar-refractivity contribution >= 4 is 22.7 Å². The van der Waals surface area contributed by atoms with Crippen LogP contribution in [0, 0.1) is 0 Å². The van der Waals surface area contributed by atoms with E-state index < -0.39 is 5.60 Å². The Kier molecular flexibility index (Phi) is 7.59. The summed E-state index contributed by atoms with van der Waals surface area (Å²) in [6, 6.07) is 24.6. The van der Waals surface area contributed by atoms with E-state index in [4.69, 9.17) is 14.7 Å². The average molecular weight is 518 g/mol. The summed E-state index contributed by atoms with van der Waals surface area (Å²) >= 11 is 0. The Bertz CT molecular complexity index is 1580. The summed E-state index contributed by atoms with van der Waals surface area (Å²) in [5.74, 6) is 1.10. The zero-order valence-corrected chi connectivity index (χ0v) is 22.4. The van der Waals surface area contributed by atoms with Crippen LogP contribution in [0.1, 0.15) is 38.3 Å². The first-order valence-corrected chi connectivity index (χ1v) is 13.0. The number of aromatic nitrogens is 4. The van der Waals surface area contributed by atoms with E-state index in [9.17, 15) is 4.79 Å². The summed E-state index contributed by atoms with van der Waals surface area (Å²) < 4.78 is 5.46. The van der Waals surface area contributed by atoms with Crippen molar-refractivity contribution in [2.24, 2.45) is 0 Å². The fraction of sp³-hybridized carbons (Fsp3) is 0.219. The highest BCUT2D eigenvalue weighted by Gasteiger charge is 2.17. The summed E-state index contributed by atoms with van der Waals surface area (Å²) in [5, 5.41) is 4.51. The first-order chi connectivity index (χ1) is 18.9. The zero-order chi connectivity index (χ0) is 27.2. The molecule has 0 aliphatic heterocycles. The van der Waals surface area contributed by atoms with E-state index in [1.54, 1.807) is 12.4 Å². The van der Waals surface area contributed by atoms with Crippen LogP contribution in [0.3, 0.4) is 0 Å². The van der Waals surface area contributed by atoms with Gasteiger partial charge in [-0.3, -0.25) is 4.79 Å². The minimum absolute atomic E-state index is 0.190. The van der Waals surface area contributed by atoms with Crippen molar-refractivity contribution < 1.29 is 9.53 Å². The molecule has 0 fully saturated rings. The van der Waals surface area contributed by atoms with Crippen molar-refractivity contribution in [2.45, 2.75) is 45.8 Å². The predicted molar refractivity (Wildman–Crippen MR) is 154 cm³/mol. The molecule has 0 bridgehead atoms. The maximum Gasteiger partial charge on any atom is 0.306 e. The van der Waals surface area contributed by atoms with Crippen molar-refractivity contribution in [3.8, 4) is 22.5 Å². The van der Waals surface area contributed by atoms with Gasteiger partial charge in [0.1, 0.15) is 17.7 Å². The van der Waals surface area contributed by atoms with Crippen LogP contribution in [0.2, 0.25) is 0 Å². The Labute approximate surface area is 228 Å². The first kappa shape index (κ1) is 26.0. The normalized spacial score (nSPS) is 11.4. The number of rotatable bonds is 8. The number of hydrogen-bond donors (Lipinski definition) is 1. The Morgan fingerprint density at radius 3 is 2.36 bits per heavy atom. The molecule has 0 aliphatic rings. The summed E-state index contributed by atoms with van der Waals surface area (Å²) in [4.78, 5) is 30.3. The molecule has 2 aromatic heterocycles. The molecule has 0 aliphatic carbocycles. The molecule has 7 nitrogen and oxygen atoms in total. The van der Waals surface area contributed by atoms with Crippen LogP contribution >= 0.6 is 0 Å².